The fourth-order valence-corrected chi connectivity index (χ4v) is 6.70. The largest absolute Gasteiger partial charge is 0.376 e. The number of thioether (sulfide) groups is 1. The summed E-state index contributed by atoms with van der Waals surface area (Å²) in [5, 5.41) is 3.84. The number of benzene rings is 2. The van der Waals surface area contributed by atoms with Gasteiger partial charge in [-0.3, -0.25) is 19.0 Å². The molecule has 0 saturated carbocycles. The fourth-order valence-electron chi connectivity index (χ4n) is 5.79. The Morgan fingerprint density at radius 1 is 0.952 bits per heavy atom. The van der Waals surface area contributed by atoms with Crippen molar-refractivity contribution in [1.82, 2.24) is 19.8 Å². The van der Waals surface area contributed by atoms with Crippen molar-refractivity contribution >= 4 is 40.2 Å². The SMILES string of the molecule is O=C(NCC1CCCO1)c1ccc2c(=O)n(CC3CCCO3)c(SCC(=O)N3CCN(c4ccccc4)CC3)nc2c1. The van der Waals surface area contributed by atoms with E-state index in [4.69, 9.17) is 14.5 Å². The molecule has 0 spiro atoms. The predicted octanol–water partition coefficient (Wildman–Crippen LogP) is 2.93. The molecule has 222 valence electrons. The molecule has 4 heterocycles. The van der Waals surface area contributed by atoms with E-state index in [2.05, 4.69) is 22.3 Å². The number of carbonyl (C=O) groups excluding carboxylic acids is 2. The van der Waals surface area contributed by atoms with Gasteiger partial charge in [0.2, 0.25) is 5.91 Å². The monoisotopic (exact) mass is 591 g/mol. The minimum atomic E-state index is -0.225. The van der Waals surface area contributed by atoms with Crippen LogP contribution in [0.3, 0.4) is 0 Å². The van der Waals surface area contributed by atoms with Crippen molar-refractivity contribution in [3.05, 3.63) is 64.4 Å². The van der Waals surface area contributed by atoms with Gasteiger partial charge in [-0.1, -0.05) is 30.0 Å². The number of amides is 2. The average Bonchev–Trinajstić information content (AvgIpc) is 3.75. The van der Waals surface area contributed by atoms with Gasteiger partial charge in [0.05, 0.1) is 35.4 Å². The lowest BCUT2D eigenvalue weighted by Gasteiger charge is -2.36. The second kappa shape index (κ2) is 13.3. The Hall–Kier alpha value is -3.41. The third-order valence-electron chi connectivity index (χ3n) is 8.19. The highest BCUT2D eigenvalue weighted by atomic mass is 32.2. The molecule has 2 unspecified atom stereocenters. The van der Waals surface area contributed by atoms with Crippen LogP contribution in [0.15, 0.2) is 58.5 Å². The van der Waals surface area contributed by atoms with Gasteiger partial charge < -0.3 is 24.6 Å². The number of para-hydroxylation sites is 1. The van der Waals surface area contributed by atoms with Crippen LogP contribution >= 0.6 is 11.8 Å². The van der Waals surface area contributed by atoms with Crippen molar-refractivity contribution in [2.24, 2.45) is 0 Å². The Kier molecular flexibility index (Phi) is 9.07. The number of anilines is 1. The number of rotatable bonds is 9. The maximum Gasteiger partial charge on any atom is 0.262 e. The van der Waals surface area contributed by atoms with Gasteiger partial charge in [-0.25, -0.2) is 4.98 Å². The highest BCUT2D eigenvalue weighted by Gasteiger charge is 2.24. The van der Waals surface area contributed by atoms with E-state index >= 15 is 0 Å². The van der Waals surface area contributed by atoms with E-state index in [0.29, 0.717) is 54.4 Å². The van der Waals surface area contributed by atoms with Crippen molar-refractivity contribution in [2.75, 3.05) is 56.6 Å². The lowest BCUT2D eigenvalue weighted by Crippen LogP contribution is -2.49. The highest BCUT2D eigenvalue weighted by molar-refractivity contribution is 7.99. The van der Waals surface area contributed by atoms with Gasteiger partial charge in [-0.2, -0.15) is 0 Å². The van der Waals surface area contributed by atoms with Crippen LogP contribution in [-0.4, -0.2) is 90.2 Å². The molecule has 10 nitrogen and oxygen atoms in total. The number of ether oxygens (including phenoxy) is 2. The van der Waals surface area contributed by atoms with Gasteiger partial charge in [0.25, 0.3) is 11.5 Å². The van der Waals surface area contributed by atoms with Crippen molar-refractivity contribution in [3.63, 3.8) is 0 Å². The lowest BCUT2D eigenvalue weighted by molar-refractivity contribution is -0.128. The molecule has 0 radical (unpaired) electrons. The summed E-state index contributed by atoms with van der Waals surface area (Å²) < 4.78 is 13.1. The maximum atomic E-state index is 13.7. The maximum absolute atomic E-state index is 13.7. The Bertz CT molecular complexity index is 1460. The molecule has 1 N–H and O–H groups in total. The van der Waals surface area contributed by atoms with Crippen molar-refractivity contribution in [3.8, 4) is 0 Å². The van der Waals surface area contributed by atoms with Gasteiger partial charge in [0.15, 0.2) is 5.16 Å². The number of hydrogen-bond acceptors (Lipinski definition) is 8. The topological polar surface area (TPSA) is 106 Å². The number of nitrogens with zero attached hydrogens (tertiary/aromatic N) is 4. The average molecular weight is 592 g/mol. The van der Waals surface area contributed by atoms with Crippen LogP contribution in [-0.2, 0) is 20.8 Å². The van der Waals surface area contributed by atoms with Crippen LogP contribution in [0.25, 0.3) is 10.9 Å². The molecule has 3 aromatic rings. The minimum absolute atomic E-state index is 0.0213. The van der Waals surface area contributed by atoms with Crippen LogP contribution in [0, 0.1) is 0 Å². The molecular weight excluding hydrogens is 554 g/mol. The zero-order valence-corrected chi connectivity index (χ0v) is 24.5. The van der Waals surface area contributed by atoms with E-state index < -0.39 is 0 Å². The van der Waals surface area contributed by atoms with Crippen molar-refractivity contribution < 1.29 is 19.1 Å². The second-order valence-electron chi connectivity index (χ2n) is 11.0. The van der Waals surface area contributed by atoms with Crippen LogP contribution < -0.4 is 15.8 Å². The van der Waals surface area contributed by atoms with Crippen LogP contribution in [0.1, 0.15) is 36.0 Å². The number of nitrogens with one attached hydrogen (secondary N) is 1. The summed E-state index contributed by atoms with van der Waals surface area (Å²) >= 11 is 1.27. The van der Waals surface area contributed by atoms with Gasteiger partial charge in [-0.05, 0) is 56.0 Å². The third-order valence-corrected chi connectivity index (χ3v) is 9.15. The summed E-state index contributed by atoms with van der Waals surface area (Å²) in [4.78, 5) is 48.7. The summed E-state index contributed by atoms with van der Waals surface area (Å²) in [5.41, 5.74) is 1.86. The summed E-state index contributed by atoms with van der Waals surface area (Å²) in [6, 6.07) is 15.2. The molecular formula is C31H37N5O5S. The van der Waals surface area contributed by atoms with E-state index in [0.717, 1.165) is 51.1 Å². The quantitative estimate of drug-likeness (QED) is 0.299. The molecule has 3 aliphatic heterocycles. The molecule has 3 saturated heterocycles. The molecule has 3 aliphatic rings. The Balaban J connectivity index is 1.17. The summed E-state index contributed by atoms with van der Waals surface area (Å²) in [6.45, 7) is 5.09. The standard InChI is InChI=1S/C31H37N5O5S/c37-28(35-14-12-34(13-15-35)23-6-2-1-3-7-23)21-42-31-33-27-18-22(29(38)32-19-24-8-4-16-40-24)10-11-26(27)30(39)36(31)20-25-9-5-17-41-25/h1-3,6-7,10-11,18,24-25H,4-5,8-9,12-17,19-21H2,(H,32,38). The van der Waals surface area contributed by atoms with Crippen LogP contribution in [0.4, 0.5) is 5.69 Å². The third kappa shape index (κ3) is 6.63. The van der Waals surface area contributed by atoms with Crippen LogP contribution in [0.2, 0.25) is 0 Å². The number of aromatic nitrogens is 2. The van der Waals surface area contributed by atoms with E-state index in [1.165, 1.54) is 11.8 Å². The summed E-state index contributed by atoms with van der Waals surface area (Å²) in [6.07, 6.45) is 3.76. The van der Waals surface area contributed by atoms with Crippen molar-refractivity contribution in [1.29, 1.82) is 0 Å². The van der Waals surface area contributed by atoms with E-state index in [1.54, 1.807) is 22.8 Å². The second-order valence-corrected chi connectivity index (χ2v) is 12.0. The Morgan fingerprint density at radius 3 is 2.40 bits per heavy atom. The summed E-state index contributed by atoms with van der Waals surface area (Å²) in [7, 11) is 0. The fraction of sp³-hybridized carbons (Fsp3) is 0.484. The lowest BCUT2D eigenvalue weighted by atomic mass is 10.1. The number of piperazine rings is 1. The highest BCUT2D eigenvalue weighted by Crippen LogP contribution is 2.23. The van der Waals surface area contributed by atoms with E-state index in [1.807, 2.05) is 23.1 Å². The minimum Gasteiger partial charge on any atom is -0.376 e. The number of hydrogen-bond donors (Lipinski definition) is 1. The molecule has 11 heteroatoms. The number of carbonyl (C=O) groups is 2. The Labute approximate surface area is 249 Å². The molecule has 3 fully saturated rings. The molecule has 2 amide bonds. The smallest absolute Gasteiger partial charge is 0.262 e. The van der Waals surface area contributed by atoms with Crippen LogP contribution in [0.5, 0.6) is 0 Å². The van der Waals surface area contributed by atoms with Gasteiger partial charge in [0, 0.05) is 57.2 Å². The molecule has 0 bridgehead atoms. The first-order chi connectivity index (χ1) is 20.5. The number of fused-ring (bicyclic) bond motifs is 1. The first-order valence-corrected chi connectivity index (χ1v) is 15.8. The molecule has 6 rings (SSSR count). The van der Waals surface area contributed by atoms with Gasteiger partial charge in [0.1, 0.15) is 0 Å². The molecule has 1 aromatic heterocycles. The molecule has 42 heavy (non-hydrogen) atoms. The normalized spacial score (nSPS) is 20.8. The molecule has 0 aliphatic carbocycles. The predicted molar refractivity (Wildman–Crippen MR) is 162 cm³/mol. The van der Waals surface area contributed by atoms with Gasteiger partial charge >= 0.3 is 0 Å². The zero-order valence-electron chi connectivity index (χ0n) is 23.7. The van der Waals surface area contributed by atoms with Gasteiger partial charge in [-0.15, -0.1) is 0 Å². The first kappa shape index (κ1) is 28.7. The van der Waals surface area contributed by atoms with E-state index in [-0.39, 0.29) is 35.3 Å². The summed E-state index contributed by atoms with van der Waals surface area (Å²) in [5.74, 6) is -0.0270. The molecule has 2 atom stereocenters. The van der Waals surface area contributed by atoms with E-state index in [9.17, 15) is 14.4 Å². The molecule has 2 aromatic carbocycles. The zero-order chi connectivity index (χ0) is 28.9. The Morgan fingerprint density at radius 2 is 1.69 bits per heavy atom. The van der Waals surface area contributed by atoms with Crippen molar-refractivity contribution in [2.45, 2.75) is 49.6 Å². The first-order valence-electron chi connectivity index (χ1n) is 14.8.